The Kier molecular flexibility index (Phi) is 4.46. The van der Waals surface area contributed by atoms with Crippen LogP contribution in [0.4, 0.5) is 0 Å². The zero-order valence-electron chi connectivity index (χ0n) is 12.6. The molecule has 1 aliphatic rings. The Balaban J connectivity index is 1.83. The highest BCUT2D eigenvalue weighted by Crippen LogP contribution is 2.25. The second-order valence-electron chi connectivity index (χ2n) is 5.71. The van der Waals surface area contributed by atoms with Crippen LogP contribution in [0.15, 0.2) is 54.7 Å². The standard InChI is InChI=1S/C19H22N2/c1-16-7-9-17(10-8-16)11-12-19(21-14-4-5-15-21)18-6-2-3-13-20-18/h2-3,6-13,19H,4-5,14-15H2,1H3/b12-11+. The summed E-state index contributed by atoms with van der Waals surface area (Å²) in [5.74, 6) is 0. The zero-order chi connectivity index (χ0) is 14.5. The van der Waals surface area contributed by atoms with Crippen LogP contribution in [-0.4, -0.2) is 23.0 Å². The first-order valence-corrected chi connectivity index (χ1v) is 7.73. The number of likely N-dealkylation sites (tertiary alicyclic amines) is 1. The lowest BCUT2D eigenvalue weighted by atomic mass is 10.1. The van der Waals surface area contributed by atoms with E-state index in [1.807, 2.05) is 12.3 Å². The van der Waals surface area contributed by atoms with Crippen LogP contribution in [0.2, 0.25) is 0 Å². The Morgan fingerprint density at radius 2 is 1.81 bits per heavy atom. The van der Waals surface area contributed by atoms with Gasteiger partial charge in [0.2, 0.25) is 0 Å². The van der Waals surface area contributed by atoms with Crippen molar-refractivity contribution in [1.82, 2.24) is 9.88 Å². The molecule has 1 unspecified atom stereocenters. The number of nitrogens with zero attached hydrogens (tertiary/aromatic N) is 2. The van der Waals surface area contributed by atoms with Gasteiger partial charge >= 0.3 is 0 Å². The van der Waals surface area contributed by atoms with Crippen LogP contribution in [0.1, 0.15) is 35.7 Å². The van der Waals surface area contributed by atoms with Gasteiger partial charge in [0, 0.05) is 6.20 Å². The fraction of sp³-hybridized carbons (Fsp3) is 0.316. The lowest BCUT2D eigenvalue weighted by molar-refractivity contribution is 0.284. The van der Waals surface area contributed by atoms with Crippen molar-refractivity contribution >= 4 is 6.08 Å². The van der Waals surface area contributed by atoms with Crippen LogP contribution >= 0.6 is 0 Å². The molecule has 0 bridgehead atoms. The highest BCUT2D eigenvalue weighted by Gasteiger charge is 2.21. The maximum atomic E-state index is 4.56. The number of hydrogen-bond acceptors (Lipinski definition) is 2. The minimum Gasteiger partial charge on any atom is -0.292 e. The summed E-state index contributed by atoms with van der Waals surface area (Å²) in [7, 11) is 0. The van der Waals surface area contributed by atoms with E-state index in [1.165, 1.54) is 37.1 Å². The minimum absolute atomic E-state index is 0.287. The predicted octanol–water partition coefficient (Wildman–Crippen LogP) is 4.24. The summed E-state index contributed by atoms with van der Waals surface area (Å²) in [5.41, 5.74) is 3.69. The third-order valence-corrected chi connectivity index (χ3v) is 4.07. The van der Waals surface area contributed by atoms with E-state index < -0.39 is 0 Å². The van der Waals surface area contributed by atoms with Crippen molar-refractivity contribution < 1.29 is 0 Å². The number of aromatic nitrogens is 1. The lowest BCUT2D eigenvalue weighted by Crippen LogP contribution is -2.24. The molecule has 2 heterocycles. The predicted molar refractivity (Wildman–Crippen MR) is 88.0 cm³/mol. The minimum atomic E-state index is 0.287. The first-order valence-electron chi connectivity index (χ1n) is 7.73. The van der Waals surface area contributed by atoms with Gasteiger partial charge in [0.1, 0.15) is 0 Å². The second-order valence-corrected chi connectivity index (χ2v) is 5.71. The maximum Gasteiger partial charge on any atom is 0.0709 e. The average molecular weight is 278 g/mol. The molecule has 0 aliphatic carbocycles. The Hall–Kier alpha value is -1.93. The van der Waals surface area contributed by atoms with E-state index in [4.69, 9.17) is 0 Å². The van der Waals surface area contributed by atoms with Crippen LogP contribution in [-0.2, 0) is 0 Å². The summed E-state index contributed by atoms with van der Waals surface area (Å²) in [6.45, 7) is 4.45. The van der Waals surface area contributed by atoms with Crippen molar-refractivity contribution in [3.8, 4) is 0 Å². The molecule has 1 aliphatic heterocycles. The van der Waals surface area contributed by atoms with Gasteiger partial charge in [-0.05, 0) is 50.6 Å². The van der Waals surface area contributed by atoms with E-state index in [0.717, 1.165) is 5.69 Å². The molecule has 0 spiro atoms. The number of aryl methyl sites for hydroxylation is 1. The van der Waals surface area contributed by atoms with E-state index in [-0.39, 0.29) is 6.04 Å². The molecule has 1 aromatic heterocycles. The van der Waals surface area contributed by atoms with Gasteiger partial charge in [-0.1, -0.05) is 48.0 Å². The van der Waals surface area contributed by atoms with Gasteiger partial charge in [-0.3, -0.25) is 9.88 Å². The number of pyridine rings is 1. The van der Waals surface area contributed by atoms with Crippen molar-refractivity contribution in [2.75, 3.05) is 13.1 Å². The van der Waals surface area contributed by atoms with Gasteiger partial charge in [0.05, 0.1) is 11.7 Å². The van der Waals surface area contributed by atoms with Crippen LogP contribution in [0.25, 0.3) is 6.08 Å². The molecule has 108 valence electrons. The van der Waals surface area contributed by atoms with E-state index in [9.17, 15) is 0 Å². The Labute approximate surface area is 127 Å². The molecule has 2 nitrogen and oxygen atoms in total. The summed E-state index contributed by atoms with van der Waals surface area (Å²) in [5, 5.41) is 0. The van der Waals surface area contributed by atoms with Crippen molar-refractivity contribution in [2.45, 2.75) is 25.8 Å². The van der Waals surface area contributed by atoms with Gasteiger partial charge < -0.3 is 0 Å². The van der Waals surface area contributed by atoms with Gasteiger partial charge in [-0.25, -0.2) is 0 Å². The molecule has 1 aromatic carbocycles. The third-order valence-electron chi connectivity index (χ3n) is 4.07. The Bertz CT molecular complexity index is 581. The Morgan fingerprint density at radius 1 is 1.05 bits per heavy atom. The summed E-state index contributed by atoms with van der Waals surface area (Å²) >= 11 is 0. The molecule has 0 N–H and O–H groups in total. The van der Waals surface area contributed by atoms with Crippen molar-refractivity contribution in [3.63, 3.8) is 0 Å². The summed E-state index contributed by atoms with van der Waals surface area (Å²) < 4.78 is 0. The highest BCUT2D eigenvalue weighted by atomic mass is 15.2. The normalized spacial score (nSPS) is 17.4. The highest BCUT2D eigenvalue weighted by molar-refractivity contribution is 5.50. The largest absolute Gasteiger partial charge is 0.292 e. The number of hydrogen-bond donors (Lipinski definition) is 0. The summed E-state index contributed by atoms with van der Waals surface area (Å²) in [6, 6.07) is 15.1. The van der Waals surface area contributed by atoms with Crippen LogP contribution in [0.5, 0.6) is 0 Å². The molecule has 0 radical (unpaired) electrons. The molecule has 21 heavy (non-hydrogen) atoms. The smallest absolute Gasteiger partial charge is 0.0709 e. The number of benzene rings is 1. The van der Waals surface area contributed by atoms with Gasteiger partial charge in [-0.2, -0.15) is 0 Å². The fourth-order valence-electron chi connectivity index (χ4n) is 2.86. The maximum absolute atomic E-state index is 4.56. The monoisotopic (exact) mass is 278 g/mol. The zero-order valence-corrected chi connectivity index (χ0v) is 12.6. The van der Waals surface area contributed by atoms with Crippen molar-refractivity contribution in [3.05, 3.63) is 71.6 Å². The van der Waals surface area contributed by atoms with Crippen LogP contribution < -0.4 is 0 Å². The molecular weight excluding hydrogens is 256 g/mol. The average Bonchev–Trinajstić information content (AvgIpc) is 3.05. The first-order chi connectivity index (χ1) is 10.3. The first kappa shape index (κ1) is 14.0. The van der Waals surface area contributed by atoms with E-state index in [0.29, 0.717) is 0 Å². The molecule has 3 rings (SSSR count). The molecule has 0 saturated carbocycles. The molecule has 1 fully saturated rings. The number of rotatable bonds is 4. The van der Waals surface area contributed by atoms with Crippen LogP contribution in [0.3, 0.4) is 0 Å². The summed E-state index contributed by atoms with van der Waals surface area (Å²) in [4.78, 5) is 7.08. The Morgan fingerprint density at radius 3 is 2.48 bits per heavy atom. The fourth-order valence-corrected chi connectivity index (χ4v) is 2.86. The van der Waals surface area contributed by atoms with Crippen molar-refractivity contribution in [2.24, 2.45) is 0 Å². The molecule has 2 aromatic rings. The second kappa shape index (κ2) is 6.68. The van der Waals surface area contributed by atoms with E-state index in [2.05, 4.69) is 65.4 Å². The molecular formula is C19H22N2. The van der Waals surface area contributed by atoms with Gasteiger partial charge in [-0.15, -0.1) is 0 Å². The van der Waals surface area contributed by atoms with Crippen molar-refractivity contribution in [1.29, 1.82) is 0 Å². The van der Waals surface area contributed by atoms with Gasteiger partial charge in [0.15, 0.2) is 0 Å². The third kappa shape index (κ3) is 3.59. The quantitative estimate of drug-likeness (QED) is 0.831. The molecule has 1 saturated heterocycles. The summed E-state index contributed by atoms with van der Waals surface area (Å²) in [6.07, 6.45) is 8.98. The van der Waals surface area contributed by atoms with E-state index >= 15 is 0 Å². The SMILES string of the molecule is Cc1ccc(/C=C/C(c2ccccn2)N2CCCC2)cc1. The molecule has 1 atom stereocenters. The topological polar surface area (TPSA) is 16.1 Å². The van der Waals surface area contributed by atoms with E-state index in [1.54, 1.807) is 0 Å². The van der Waals surface area contributed by atoms with Crippen LogP contribution in [0, 0.1) is 6.92 Å². The van der Waals surface area contributed by atoms with Gasteiger partial charge in [0.25, 0.3) is 0 Å². The molecule has 0 amide bonds. The molecule has 2 heteroatoms. The lowest BCUT2D eigenvalue weighted by Gasteiger charge is -2.24.